The van der Waals surface area contributed by atoms with E-state index in [1.54, 1.807) is 27.7 Å². The molecular weight excluding hydrogens is 304 g/mol. The fourth-order valence-corrected chi connectivity index (χ4v) is 2.19. The van der Waals surface area contributed by atoms with E-state index in [9.17, 15) is 9.59 Å². The molecule has 0 radical (unpaired) electrons. The van der Waals surface area contributed by atoms with Crippen molar-refractivity contribution in [1.29, 1.82) is 0 Å². The highest BCUT2D eigenvalue weighted by molar-refractivity contribution is 5.75. The molecule has 0 saturated carbocycles. The van der Waals surface area contributed by atoms with Crippen LogP contribution in [0.15, 0.2) is 0 Å². The van der Waals surface area contributed by atoms with Crippen molar-refractivity contribution in [3.63, 3.8) is 0 Å². The molecule has 1 rings (SSSR count). The average Bonchev–Trinajstić information content (AvgIpc) is 2.49. The topological polar surface area (TPSA) is 86.3 Å². The van der Waals surface area contributed by atoms with E-state index in [0.29, 0.717) is 13.2 Å². The van der Waals surface area contributed by atoms with E-state index in [2.05, 4.69) is 10.1 Å². The molecular formula is C15H28N2O6. The number of hydrogen-bond donors (Lipinski definition) is 1. The molecule has 1 fully saturated rings. The summed E-state index contributed by atoms with van der Waals surface area (Å²) in [5.41, 5.74) is -0.606. The summed E-state index contributed by atoms with van der Waals surface area (Å²) in [4.78, 5) is 25.5. The summed E-state index contributed by atoms with van der Waals surface area (Å²) in [6, 6.07) is -0.793. The first kappa shape index (κ1) is 19.7. The van der Waals surface area contributed by atoms with Gasteiger partial charge in [0.1, 0.15) is 11.6 Å². The highest BCUT2D eigenvalue weighted by Gasteiger charge is 2.38. The van der Waals surface area contributed by atoms with E-state index in [4.69, 9.17) is 14.2 Å². The first-order chi connectivity index (χ1) is 10.7. The molecule has 0 aromatic heterocycles. The van der Waals surface area contributed by atoms with Gasteiger partial charge in [-0.2, -0.15) is 0 Å². The minimum Gasteiger partial charge on any atom is -0.468 e. The molecule has 1 heterocycles. The fraction of sp³-hybridized carbons (Fsp3) is 0.867. The molecule has 0 spiro atoms. The minimum atomic E-state index is -0.606. The van der Waals surface area contributed by atoms with Crippen LogP contribution in [-0.4, -0.2) is 74.9 Å². The van der Waals surface area contributed by atoms with Crippen LogP contribution < -0.4 is 5.32 Å². The lowest BCUT2D eigenvalue weighted by Crippen LogP contribution is -2.60. The quantitative estimate of drug-likeness (QED) is 0.743. The minimum absolute atomic E-state index is 0.277. The van der Waals surface area contributed by atoms with Crippen molar-refractivity contribution in [2.24, 2.45) is 0 Å². The zero-order valence-corrected chi connectivity index (χ0v) is 14.8. The molecule has 3 atom stereocenters. The summed E-state index contributed by atoms with van der Waals surface area (Å²) in [5.74, 6) is -0.367. The number of hydrogen-bond acceptors (Lipinski definition) is 7. The van der Waals surface area contributed by atoms with Gasteiger partial charge in [0, 0.05) is 13.7 Å². The van der Waals surface area contributed by atoms with E-state index in [-0.39, 0.29) is 18.6 Å². The second-order valence-corrected chi connectivity index (χ2v) is 6.42. The van der Waals surface area contributed by atoms with Crippen LogP contribution in [-0.2, 0) is 23.7 Å². The maximum Gasteiger partial charge on any atom is 0.412 e. The Morgan fingerprint density at radius 1 is 1.30 bits per heavy atom. The third kappa shape index (κ3) is 5.96. The number of nitrogens with zero attached hydrogens (tertiary/aromatic N) is 1. The number of ether oxygens (including phenoxy) is 4. The highest BCUT2D eigenvalue weighted by atomic mass is 16.6. The second-order valence-electron chi connectivity index (χ2n) is 6.42. The molecule has 0 bridgehead atoms. The third-order valence-electron chi connectivity index (χ3n) is 3.37. The van der Waals surface area contributed by atoms with Crippen LogP contribution >= 0.6 is 0 Å². The summed E-state index contributed by atoms with van der Waals surface area (Å²) >= 11 is 0. The molecule has 1 aliphatic rings. The molecule has 8 nitrogen and oxygen atoms in total. The number of carbonyl (C=O) groups excluding carboxylic acids is 2. The summed E-state index contributed by atoms with van der Waals surface area (Å²) in [7, 11) is 2.84. The standard InChI is InChI=1S/C15H28N2O6/c1-10(13(18)21-6)16-7-11-8-22-9-12(20-5)17(11)14(19)23-15(2,3)4/h10-12,16H,7-9H2,1-6H3/t10-,11+,12-/m0/s1. The van der Waals surface area contributed by atoms with Gasteiger partial charge in [-0.15, -0.1) is 0 Å². The SMILES string of the molecule is COC(=O)[C@H](C)NC[C@@H]1COC[C@H](OC)N1C(=O)OC(C)(C)C. The Morgan fingerprint density at radius 2 is 1.96 bits per heavy atom. The van der Waals surface area contributed by atoms with Crippen LogP contribution in [0.3, 0.4) is 0 Å². The maximum absolute atomic E-state index is 12.5. The Labute approximate surface area is 137 Å². The van der Waals surface area contributed by atoms with Crippen molar-refractivity contribution in [3.05, 3.63) is 0 Å². The second kappa shape index (κ2) is 8.47. The van der Waals surface area contributed by atoms with Gasteiger partial charge in [0.05, 0.1) is 26.4 Å². The Morgan fingerprint density at radius 3 is 2.48 bits per heavy atom. The van der Waals surface area contributed by atoms with Crippen molar-refractivity contribution >= 4 is 12.1 Å². The normalized spacial score (nSPS) is 23.3. The largest absolute Gasteiger partial charge is 0.468 e. The zero-order chi connectivity index (χ0) is 17.6. The predicted octanol–water partition coefficient (Wildman–Crippen LogP) is 0.746. The summed E-state index contributed by atoms with van der Waals surface area (Å²) in [6.07, 6.45) is -0.996. The number of rotatable bonds is 5. The van der Waals surface area contributed by atoms with Gasteiger partial charge in [-0.3, -0.25) is 9.69 Å². The van der Waals surface area contributed by atoms with Gasteiger partial charge in [0.15, 0.2) is 6.23 Å². The van der Waals surface area contributed by atoms with Gasteiger partial charge in [-0.25, -0.2) is 4.79 Å². The third-order valence-corrected chi connectivity index (χ3v) is 3.37. The van der Waals surface area contributed by atoms with E-state index < -0.39 is 24.0 Å². The molecule has 1 saturated heterocycles. The van der Waals surface area contributed by atoms with E-state index in [1.807, 2.05) is 0 Å². The van der Waals surface area contributed by atoms with Crippen molar-refractivity contribution in [2.75, 3.05) is 34.0 Å². The van der Waals surface area contributed by atoms with E-state index >= 15 is 0 Å². The molecule has 1 N–H and O–H groups in total. The lowest BCUT2D eigenvalue weighted by atomic mass is 10.2. The van der Waals surface area contributed by atoms with Crippen LogP contribution in [0.1, 0.15) is 27.7 Å². The monoisotopic (exact) mass is 332 g/mol. The summed E-state index contributed by atoms with van der Waals surface area (Å²) < 4.78 is 20.9. The van der Waals surface area contributed by atoms with E-state index in [0.717, 1.165) is 0 Å². The van der Waals surface area contributed by atoms with Gasteiger partial charge < -0.3 is 24.3 Å². The van der Waals surface area contributed by atoms with Gasteiger partial charge in [-0.1, -0.05) is 0 Å². The van der Waals surface area contributed by atoms with Gasteiger partial charge in [0.2, 0.25) is 0 Å². The van der Waals surface area contributed by atoms with Crippen LogP contribution in [0.4, 0.5) is 4.79 Å². The van der Waals surface area contributed by atoms with Gasteiger partial charge in [-0.05, 0) is 27.7 Å². The predicted molar refractivity (Wildman–Crippen MR) is 83.0 cm³/mol. The Hall–Kier alpha value is -1.38. The van der Waals surface area contributed by atoms with Crippen molar-refractivity contribution in [1.82, 2.24) is 10.2 Å². The number of esters is 1. The zero-order valence-electron chi connectivity index (χ0n) is 14.8. The number of morpholine rings is 1. The first-order valence-corrected chi connectivity index (χ1v) is 7.62. The van der Waals surface area contributed by atoms with Crippen LogP contribution in [0.5, 0.6) is 0 Å². The van der Waals surface area contributed by atoms with Crippen LogP contribution in [0.2, 0.25) is 0 Å². The smallest absolute Gasteiger partial charge is 0.412 e. The van der Waals surface area contributed by atoms with Crippen molar-refractivity contribution < 1.29 is 28.5 Å². The lowest BCUT2D eigenvalue weighted by Gasteiger charge is -2.41. The van der Waals surface area contributed by atoms with Crippen LogP contribution in [0, 0.1) is 0 Å². The highest BCUT2D eigenvalue weighted by Crippen LogP contribution is 2.19. The summed E-state index contributed by atoms with van der Waals surface area (Å²) in [6.45, 7) is 8.08. The van der Waals surface area contributed by atoms with Gasteiger partial charge in [0.25, 0.3) is 0 Å². The number of nitrogens with one attached hydrogen (secondary N) is 1. The Balaban J connectivity index is 2.76. The molecule has 1 amide bonds. The lowest BCUT2D eigenvalue weighted by molar-refractivity contribution is -0.147. The molecule has 8 heteroatoms. The Bertz CT molecular complexity index is 409. The molecule has 0 aromatic carbocycles. The maximum atomic E-state index is 12.5. The molecule has 0 aromatic rings. The number of carbonyl (C=O) groups is 2. The van der Waals surface area contributed by atoms with Crippen molar-refractivity contribution in [3.8, 4) is 0 Å². The van der Waals surface area contributed by atoms with E-state index in [1.165, 1.54) is 19.1 Å². The Kier molecular flexibility index (Phi) is 7.24. The molecule has 0 aliphatic carbocycles. The number of amides is 1. The molecule has 23 heavy (non-hydrogen) atoms. The number of methoxy groups -OCH3 is 2. The van der Waals surface area contributed by atoms with Crippen LogP contribution in [0.25, 0.3) is 0 Å². The van der Waals surface area contributed by atoms with Crippen molar-refractivity contribution in [2.45, 2.75) is 51.6 Å². The summed E-state index contributed by atoms with van der Waals surface area (Å²) in [5, 5.41) is 3.04. The fourth-order valence-electron chi connectivity index (χ4n) is 2.19. The molecule has 134 valence electrons. The molecule has 0 unspecified atom stereocenters. The van der Waals surface area contributed by atoms with Gasteiger partial charge >= 0.3 is 12.1 Å². The molecule has 1 aliphatic heterocycles. The first-order valence-electron chi connectivity index (χ1n) is 7.62. The average molecular weight is 332 g/mol.